The van der Waals surface area contributed by atoms with Crippen molar-refractivity contribution in [2.24, 2.45) is 32.5 Å². The number of carbonyl (C=O) groups excluding carboxylic acids is 3. The van der Waals surface area contributed by atoms with Crippen molar-refractivity contribution in [2.45, 2.75) is 102 Å². The lowest BCUT2D eigenvalue weighted by molar-refractivity contribution is -0.176. The molecule has 8 nitrogen and oxygen atoms in total. The molecule has 3 aromatic carbocycles. The van der Waals surface area contributed by atoms with Gasteiger partial charge in [-0.2, -0.15) is 0 Å². The Morgan fingerprint density at radius 1 is 0.745 bits per heavy atom. The van der Waals surface area contributed by atoms with Crippen LogP contribution in [0.1, 0.15) is 123 Å². The molecule has 2 aliphatic rings. The fourth-order valence-electron chi connectivity index (χ4n) is 8.28. The van der Waals surface area contributed by atoms with Crippen LogP contribution in [-0.4, -0.2) is 30.1 Å². The summed E-state index contributed by atoms with van der Waals surface area (Å²) in [5.41, 5.74) is -3.22. The summed E-state index contributed by atoms with van der Waals surface area (Å²) < 4.78 is 24.5. The normalized spacial score (nSPS) is 19.4. The van der Waals surface area contributed by atoms with Gasteiger partial charge in [-0.15, -0.1) is 0 Å². The molecule has 0 saturated heterocycles. The Bertz CT molecular complexity index is 1890. The van der Waals surface area contributed by atoms with Gasteiger partial charge >= 0.3 is 17.9 Å². The highest BCUT2D eigenvalue weighted by Gasteiger charge is 2.60. The quantitative estimate of drug-likeness (QED) is 0.183. The SMILES string of the molecule is COC(=O)C(C)(CC(C)(C)C)C(C)(C)C(C)(C)CC(C)(C(=O)Oc1cccc2c1Oc1cc(O)ccc1C21OC(=O)c2ccccc21)C(C)(C)C. The first kappa shape index (κ1) is 37.9. The largest absolute Gasteiger partial charge is 0.508 e. The number of phenolic OH excluding ortho intramolecular Hbond substituents is 1. The molecular formula is C43H54O8. The standard InChI is InChI=1S/C43H54O8/c1-37(2,3)24-42(12,35(46)48-13)40(9,10)39(7,8)25-41(11,38(4,5)6)36(47)50-31-20-16-19-30-33(31)49-32-23-26(44)21-22-29(32)43(30)28-18-15-14-17-27(28)34(45)51-43/h14-23,44H,24-25H2,1-13H3. The lowest BCUT2D eigenvalue weighted by atomic mass is 9.47. The molecule has 5 rings (SSSR count). The second kappa shape index (κ2) is 12.1. The van der Waals surface area contributed by atoms with Crippen molar-refractivity contribution < 1.29 is 38.4 Å². The van der Waals surface area contributed by atoms with E-state index in [2.05, 4.69) is 48.5 Å². The minimum atomic E-state index is -1.39. The monoisotopic (exact) mass is 698 g/mol. The maximum atomic E-state index is 14.8. The van der Waals surface area contributed by atoms with Crippen LogP contribution in [0.4, 0.5) is 0 Å². The van der Waals surface area contributed by atoms with Crippen LogP contribution in [0.5, 0.6) is 23.0 Å². The van der Waals surface area contributed by atoms with Crippen LogP contribution in [0.2, 0.25) is 0 Å². The third-order valence-electron chi connectivity index (χ3n) is 12.4. The van der Waals surface area contributed by atoms with Crippen LogP contribution >= 0.6 is 0 Å². The molecule has 274 valence electrons. The molecule has 3 aromatic rings. The number of para-hydroxylation sites is 1. The highest BCUT2D eigenvalue weighted by atomic mass is 16.6. The fraction of sp³-hybridized carbons (Fsp3) is 0.512. The molecule has 0 fully saturated rings. The Hall–Kier alpha value is -4.33. The van der Waals surface area contributed by atoms with Gasteiger partial charge in [-0.25, -0.2) is 4.79 Å². The molecular weight excluding hydrogens is 644 g/mol. The Morgan fingerprint density at radius 2 is 1.37 bits per heavy atom. The molecule has 3 atom stereocenters. The highest BCUT2D eigenvalue weighted by Crippen LogP contribution is 2.62. The van der Waals surface area contributed by atoms with E-state index in [0.29, 0.717) is 35.1 Å². The maximum absolute atomic E-state index is 14.8. The van der Waals surface area contributed by atoms with Crippen molar-refractivity contribution in [1.29, 1.82) is 0 Å². The van der Waals surface area contributed by atoms with E-state index < -0.39 is 44.6 Å². The van der Waals surface area contributed by atoms with E-state index in [0.717, 1.165) is 0 Å². The number of hydrogen-bond donors (Lipinski definition) is 1. The first-order chi connectivity index (χ1) is 23.4. The van der Waals surface area contributed by atoms with Gasteiger partial charge in [-0.3, -0.25) is 9.59 Å². The smallest absolute Gasteiger partial charge is 0.340 e. The van der Waals surface area contributed by atoms with Gasteiger partial charge in [0.25, 0.3) is 0 Å². The molecule has 1 N–H and O–H groups in total. The van der Waals surface area contributed by atoms with Crippen LogP contribution in [0.25, 0.3) is 0 Å². The van der Waals surface area contributed by atoms with Gasteiger partial charge in [0.15, 0.2) is 17.1 Å². The molecule has 0 bridgehead atoms. The summed E-state index contributed by atoms with van der Waals surface area (Å²) in [5.74, 6) is -0.619. The number of phenols is 1. The average Bonchev–Trinajstić information content (AvgIpc) is 3.31. The summed E-state index contributed by atoms with van der Waals surface area (Å²) in [6.07, 6.45) is 0.966. The molecule has 0 aliphatic carbocycles. The van der Waals surface area contributed by atoms with Gasteiger partial charge in [-0.1, -0.05) is 99.6 Å². The molecule has 8 heteroatoms. The summed E-state index contributed by atoms with van der Waals surface area (Å²) in [7, 11) is 1.43. The molecule has 51 heavy (non-hydrogen) atoms. The zero-order valence-electron chi connectivity index (χ0n) is 32.5. The first-order valence-electron chi connectivity index (χ1n) is 17.6. The van der Waals surface area contributed by atoms with E-state index in [1.807, 2.05) is 46.8 Å². The molecule has 2 heterocycles. The molecule has 3 unspecified atom stereocenters. The third kappa shape index (κ3) is 5.88. The molecule has 0 radical (unpaired) electrons. The van der Waals surface area contributed by atoms with Gasteiger partial charge in [0, 0.05) is 17.2 Å². The van der Waals surface area contributed by atoms with E-state index in [4.69, 9.17) is 18.9 Å². The number of aromatic hydroxyl groups is 1. The Morgan fingerprint density at radius 3 is 1.98 bits per heavy atom. The summed E-state index contributed by atoms with van der Waals surface area (Å²) in [6.45, 7) is 24.7. The second-order valence-electron chi connectivity index (χ2n) is 18.3. The number of carbonyl (C=O) groups is 3. The third-order valence-corrected chi connectivity index (χ3v) is 12.4. The number of hydrogen-bond acceptors (Lipinski definition) is 8. The van der Waals surface area contributed by atoms with E-state index in [-0.39, 0.29) is 34.4 Å². The lowest BCUT2D eigenvalue weighted by Crippen LogP contribution is -2.56. The van der Waals surface area contributed by atoms with E-state index in [9.17, 15) is 19.5 Å². The number of ether oxygens (including phenoxy) is 4. The molecule has 0 amide bonds. The second-order valence-corrected chi connectivity index (χ2v) is 18.3. The van der Waals surface area contributed by atoms with Crippen molar-refractivity contribution in [3.8, 4) is 23.0 Å². The predicted molar refractivity (Wildman–Crippen MR) is 196 cm³/mol. The van der Waals surface area contributed by atoms with Gasteiger partial charge in [-0.05, 0) is 72.6 Å². The Kier molecular flexibility index (Phi) is 9.02. The molecule has 0 saturated carbocycles. The topological polar surface area (TPSA) is 108 Å². The molecule has 0 aromatic heterocycles. The number of benzene rings is 3. The van der Waals surface area contributed by atoms with Crippen LogP contribution in [-0.2, 0) is 24.7 Å². The predicted octanol–water partition coefficient (Wildman–Crippen LogP) is 9.98. The number of esters is 3. The first-order valence-corrected chi connectivity index (χ1v) is 17.6. The van der Waals surface area contributed by atoms with Crippen molar-refractivity contribution >= 4 is 17.9 Å². The zero-order valence-corrected chi connectivity index (χ0v) is 32.5. The fourth-order valence-corrected chi connectivity index (χ4v) is 8.28. The van der Waals surface area contributed by atoms with E-state index in [1.54, 1.807) is 36.4 Å². The summed E-state index contributed by atoms with van der Waals surface area (Å²) in [6, 6.07) is 17.1. The van der Waals surface area contributed by atoms with Crippen LogP contribution in [0.3, 0.4) is 0 Å². The average molecular weight is 699 g/mol. The van der Waals surface area contributed by atoms with Crippen molar-refractivity contribution in [3.05, 3.63) is 82.9 Å². The van der Waals surface area contributed by atoms with Gasteiger partial charge < -0.3 is 24.1 Å². The van der Waals surface area contributed by atoms with E-state index in [1.165, 1.54) is 19.2 Å². The van der Waals surface area contributed by atoms with Crippen LogP contribution < -0.4 is 9.47 Å². The summed E-state index contributed by atoms with van der Waals surface area (Å²) >= 11 is 0. The number of fused-ring (bicyclic) bond motifs is 6. The summed E-state index contributed by atoms with van der Waals surface area (Å²) in [4.78, 5) is 41.8. The number of rotatable bonds is 8. The van der Waals surface area contributed by atoms with Crippen LogP contribution in [0.15, 0.2) is 60.7 Å². The molecule has 1 spiro atoms. The highest BCUT2D eigenvalue weighted by molar-refractivity contribution is 5.97. The van der Waals surface area contributed by atoms with Crippen molar-refractivity contribution in [1.82, 2.24) is 0 Å². The molecule has 2 aliphatic heterocycles. The van der Waals surface area contributed by atoms with Gasteiger partial charge in [0.2, 0.25) is 0 Å². The van der Waals surface area contributed by atoms with Crippen LogP contribution in [0, 0.1) is 32.5 Å². The number of methoxy groups -OCH3 is 1. The van der Waals surface area contributed by atoms with E-state index >= 15 is 0 Å². The maximum Gasteiger partial charge on any atom is 0.340 e. The van der Waals surface area contributed by atoms with Gasteiger partial charge in [0.1, 0.15) is 11.5 Å². The Balaban J connectivity index is 1.60. The lowest BCUT2D eigenvalue weighted by Gasteiger charge is -2.56. The van der Waals surface area contributed by atoms with Crippen molar-refractivity contribution in [3.63, 3.8) is 0 Å². The minimum absolute atomic E-state index is 0.0324. The zero-order chi connectivity index (χ0) is 38.2. The summed E-state index contributed by atoms with van der Waals surface area (Å²) in [5, 5.41) is 10.5. The van der Waals surface area contributed by atoms with Gasteiger partial charge in [0.05, 0.1) is 29.1 Å². The Labute approximate surface area is 302 Å². The van der Waals surface area contributed by atoms with Crippen molar-refractivity contribution in [2.75, 3.05) is 7.11 Å². The minimum Gasteiger partial charge on any atom is -0.508 e.